The first-order chi connectivity index (χ1) is 16.9. The van der Waals surface area contributed by atoms with Gasteiger partial charge >= 0.3 is 11.9 Å². The Hall–Kier alpha value is -4.72. The Labute approximate surface area is 200 Å². The number of benzene rings is 3. The molecule has 1 N–H and O–H groups in total. The summed E-state index contributed by atoms with van der Waals surface area (Å²) in [5, 5.41) is 3.61. The summed E-state index contributed by atoms with van der Waals surface area (Å²) in [5.74, 6) is -2.09. The van der Waals surface area contributed by atoms with Gasteiger partial charge in [-0.3, -0.25) is 9.59 Å². The van der Waals surface area contributed by atoms with Crippen molar-refractivity contribution in [2.24, 2.45) is 7.05 Å². The highest BCUT2D eigenvalue weighted by Gasteiger charge is 2.24. The van der Waals surface area contributed by atoms with E-state index in [0.29, 0.717) is 16.3 Å². The van der Waals surface area contributed by atoms with E-state index in [0.717, 1.165) is 5.56 Å². The second-order valence-electron chi connectivity index (χ2n) is 7.66. The molecular weight excluding hydrogens is 448 g/mol. The average molecular weight is 470 g/mol. The van der Waals surface area contributed by atoms with Crippen LogP contribution in [0.1, 0.15) is 20.8 Å². The highest BCUT2D eigenvalue weighted by atomic mass is 16.5. The fourth-order valence-corrected chi connectivity index (χ4v) is 3.87. The van der Waals surface area contributed by atoms with E-state index in [1.54, 1.807) is 36.4 Å². The Balaban J connectivity index is 1.65. The van der Waals surface area contributed by atoms with E-state index < -0.39 is 24.5 Å². The van der Waals surface area contributed by atoms with Crippen LogP contribution in [0.15, 0.2) is 83.7 Å². The Kier molecular flexibility index (Phi) is 6.73. The number of hydrogen-bond acceptors (Lipinski definition) is 6. The quantitative estimate of drug-likeness (QED) is 0.430. The lowest BCUT2D eigenvalue weighted by molar-refractivity contribution is -0.119. The van der Waals surface area contributed by atoms with Gasteiger partial charge in [-0.25, -0.2) is 9.59 Å². The van der Waals surface area contributed by atoms with E-state index in [9.17, 15) is 19.2 Å². The maximum absolute atomic E-state index is 13.2. The molecule has 0 saturated heterocycles. The molecular formula is C27H22N2O6. The minimum Gasteiger partial charge on any atom is -0.465 e. The number of pyridine rings is 1. The highest BCUT2D eigenvalue weighted by molar-refractivity contribution is 6.07. The SMILES string of the molecule is COC(=O)c1ccccc1NC(=O)COC(=O)c1c(-c2ccccc2)c2ccccc2c(=O)n1C. The first kappa shape index (κ1) is 23.4. The molecule has 4 aromatic rings. The molecule has 0 unspecified atom stereocenters. The van der Waals surface area contributed by atoms with Crippen molar-refractivity contribution in [1.82, 2.24) is 4.57 Å². The molecule has 0 atom stereocenters. The molecule has 176 valence electrons. The zero-order chi connectivity index (χ0) is 24.9. The molecule has 4 rings (SSSR count). The van der Waals surface area contributed by atoms with Gasteiger partial charge < -0.3 is 19.4 Å². The smallest absolute Gasteiger partial charge is 0.356 e. The van der Waals surface area contributed by atoms with Gasteiger partial charge in [-0.15, -0.1) is 0 Å². The van der Waals surface area contributed by atoms with Gasteiger partial charge in [0.1, 0.15) is 5.69 Å². The topological polar surface area (TPSA) is 104 Å². The Morgan fingerprint density at radius 2 is 1.46 bits per heavy atom. The summed E-state index contributed by atoms with van der Waals surface area (Å²) in [6, 6.07) is 22.5. The summed E-state index contributed by atoms with van der Waals surface area (Å²) < 4.78 is 11.3. The van der Waals surface area contributed by atoms with Crippen molar-refractivity contribution in [3.05, 3.63) is 100 Å². The maximum Gasteiger partial charge on any atom is 0.356 e. The lowest BCUT2D eigenvalue weighted by Crippen LogP contribution is -2.28. The van der Waals surface area contributed by atoms with Gasteiger partial charge in [-0.1, -0.05) is 60.7 Å². The number of anilines is 1. The maximum atomic E-state index is 13.2. The number of rotatable bonds is 6. The highest BCUT2D eigenvalue weighted by Crippen LogP contribution is 2.30. The van der Waals surface area contributed by atoms with Gasteiger partial charge in [0.15, 0.2) is 6.61 Å². The molecule has 3 aromatic carbocycles. The summed E-state index contributed by atoms with van der Waals surface area (Å²) >= 11 is 0. The van der Waals surface area contributed by atoms with Crippen LogP contribution in [0, 0.1) is 0 Å². The first-order valence-electron chi connectivity index (χ1n) is 10.7. The molecule has 0 bridgehead atoms. The summed E-state index contributed by atoms with van der Waals surface area (Å²) in [4.78, 5) is 50.6. The van der Waals surface area contributed by atoms with Crippen molar-refractivity contribution >= 4 is 34.3 Å². The molecule has 8 heteroatoms. The van der Waals surface area contributed by atoms with E-state index in [1.165, 1.54) is 30.9 Å². The number of esters is 2. The number of carbonyl (C=O) groups excluding carboxylic acids is 3. The summed E-state index contributed by atoms with van der Waals surface area (Å²) in [7, 11) is 2.73. The second kappa shape index (κ2) is 10.0. The molecule has 1 amide bonds. The molecule has 0 radical (unpaired) electrons. The van der Waals surface area contributed by atoms with Gasteiger partial charge in [-0.2, -0.15) is 0 Å². The standard InChI is InChI=1S/C27H22N2O6/c1-29-24(23(17-10-4-3-5-11-17)18-12-6-7-13-19(18)25(29)31)27(33)35-16-22(30)28-21-15-9-8-14-20(21)26(32)34-2/h3-15H,16H2,1-2H3,(H,28,30). The predicted octanol–water partition coefficient (Wildman–Crippen LogP) is 3.79. The lowest BCUT2D eigenvalue weighted by atomic mass is 9.97. The first-order valence-corrected chi connectivity index (χ1v) is 10.7. The molecule has 0 aliphatic heterocycles. The van der Waals surface area contributed by atoms with Crippen molar-refractivity contribution in [3.63, 3.8) is 0 Å². The Morgan fingerprint density at radius 1 is 0.829 bits per heavy atom. The number of methoxy groups -OCH3 is 1. The number of nitrogens with zero attached hydrogens (tertiary/aromatic N) is 1. The molecule has 0 spiro atoms. The molecule has 0 aliphatic rings. The van der Waals surface area contributed by atoms with Crippen molar-refractivity contribution in [1.29, 1.82) is 0 Å². The number of amides is 1. The summed E-state index contributed by atoms with van der Waals surface area (Å²) in [6.45, 7) is -0.621. The van der Waals surface area contributed by atoms with Crippen LogP contribution in [0.4, 0.5) is 5.69 Å². The average Bonchev–Trinajstić information content (AvgIpc) is 2.89. The lowest BCUT2D eigenvalue weighted by Gasteiger charge is -2.17. The van der Waals surface area contributed by atoms with Gasteiger partial charge in [0.05, 0.1) is 18.4 Å². The van der Waals surface area contributed by atoms with Crippen LogP contribution in [0.25, 0.3) is 21.9 Å². The monoisotopic (exact) mass is 470 g/mol. The molecule has 8 nitrogen and oxygen atoms in total. The van der Waals surface area contributed by atoms with E-state index in [1.807, 2.05) is 30.3 Å². The van der Waals surface area contributed by atoms with Gasteiger partial charge in [0.25, 0.3) is 11.5 Å². The number of ether oxygens (including phenoxy) is 2. The number of fused-ring (bicyclic) bond motifs is 1. The van der Waals surface area contributed by atoms with Crippen LogP contribution in [0.2, 0.25) is 0 Å². The van der Waals surface area contributed by atoms with Crippen LogP contribution >= 0.6 is 0 Å². The normalized spacial score (nSPS) is 10.6. The number of aromatic nitrogens is 1. The molecule has 0 fully saturated rings. The number of hydrogen-bond donors (Lipinski definition) is 1. The summed E-state index contributed by atoms with van der Waals surface area (Å²) in [5.41, 5.74) is 1.32. The van der Waals surface area contributed by atoms with E-state index in [-0.39, 0.29) is 22.5 Å². The zero-order valence-corrected chi connectivity index (χ0v) is 19.1. The fraction of sp³-hybridized carbons (Fsp3) is 0.111. The van der Waals surface area contributed by atoms with Gasteiger partial charge in [-0.05, 0) is 29.1 Å². The number of nitrogens with one attached hydrogen (secondary N) is 1. The van der Waals surface area contributed by atoms with Crippen LogP contribution in [0.3, 0.4) is 0 Å². The number of carbonyl (C=O) groups is 3. The van der Waals surface area contributed by atoms with Crippen molar-refractivity contribution in [3.8, 4) is 11.1 Å². The van der Waals surface area contributed by atoms with Gasteiger partial charge in [0.2, 0.25) is 0 Å². The van der Waals surface area contributed by atoms with Crippen molar-refractivity contribution < 1.29 is 23.9 Å². The largest absolute Gasteiger partial charge is 0.465 e. The Morgan fingerprint density at radius 3 is 2.17 bits per heavy atom. The summed E-state index contributed by atoms with van der Waals surface area (Å²) in [6.07, 6.45) is 0. The second-order valence-corrected chi connectivity index (χ2v) is 7.66. The van der Waals surface area contributed by atoms with E-state index >= 15 is 0 Å². The van der Waals surface area contributed by atoms with Crippen LogP contribution in [-0.4, -0.2) is 36.1 Å². The molecule has 1 aromatic heterocycles. The molecule has 35 heavy (non-hydrogen) atoms. The Bertz CT molecular complexity index is 1490. The third-order valence-corrected chi connectivity index (χ3v) is 5.50. The third kappa shape index (κ3) is 4.67. The van der Waals surface area contributed by atoms with Gasteiger partial charge in [0, 0.05) is 18.0 Å². The number of para-hydroxylation sites is 1. The minimum absolute atomic E-state index is 0.0302. The molecule has 1 heterocycles. The van der Waals surface area contributed by atoms with E-state index in [2.05, 4.69) is 5.32 Å². The third-order valence-electron chi connectivity index (χ3n) is 5.50. The van der Waals surface area contributed by atoms with Crippen LogP contribution in [-0.2, 0) is 21.3 Å². The molecule has 0 saturated carbocycles. The predicted molar refractivity (Wildman–Crippen MR) is 131 cm³/mol. The van der Waals surface area contributed by atoms with E-state index in [4.69, 9.17) is 9.47 Å². The van der Waals surface area contributed by atoms with Crippen molar-refractivity contribution in [2.45, 2.75) is 0 Å². The zero-order valence-electron chi connectivity index (χ0n) is 19.1. The minimum atomic E-state index is -0.828. The fourth-order valence-electron chi connectivity index (χ4n) is 3.87. The van der Waals surface area contributed by atoms with Crippen LogP contribution in [0.5, 0.6) is 0 Å². The van der Waals surface area contributed by atoms with Crippen molar-refractivity contribution in [2.75, 3.05) is 19.0 Å². The molecule has 0 aliphatic carbocycles. The van der Waals surface area contributed by atoms with Crippen LogP contribution < -0.4 is 10.9 Å².